The molecule has 0 radical (unpaired) electrons. The summed E-state index contributed by atoms with van der Waals surface area (Å²) in [6.07, 6.45) is 3.25. The molecule has 2 aromatic heterocycles. The highest BCUT2D eigenvalue weighted by molar-refractivity contribution is 7.17. The quantitative estimate of drug-likeness (QED) is 0.0798. The number of halogens is 1. The predicted molar refractivity (Wildman–Crippen MR) is 189 cm³/mol. The van der Waals surface area contributed by atoms with Crippen LogP contribution in [0.5, 0.6) is 0 Å². The Bertz CT molecular complexity index is 1950. The number of hydrogen-bond acceptors (Lipinski definition) is 7. The number of amides is 4. The average molecular weight is 713 g/mol. The first-order chi connectivity index (χ1) is 24.7. The predicted octanol–water partition coefficient (Wildman–Crippen LogP) is 3.54. The molecule has 2 heterocycles. The molecule has 0 saturated carbocycles. The average Bonchev–Trinajstić information content (AvgIpc) is 3.80. The Balaban J connectivity index is 1.29. The number of carbonyl (C=O) groups excluding carboxylic acids is 4. The lowest BCUT2D eigenvalue weighted by Gasteiger charge is -2.25. The molecular formula is C37H37FN6O6S. The molecule has 4 amide bonds. The van der Waals surface area contributed by atoms with E-state index in [1.807, 2.05) is 35.7 Å². The molecule has 6 N–H and O–H groups in total. The molecule has 0 fully saturated rings. The number of aromatic amines is 1. The van der Waals surface area contributed by atoms with E-state index in [0.29, 0.717) is 5.69 Å². The largest absolute Gasteiger partial charge is 0.480 e. The Morgan fingerprint density at radius 1 is 0.804 bits per heavy atom. The van der Waals surface area contributed by atoms with Gasteiger partial charge in [-0.15, -0.1) is 11.3 Å². The number of carboxylic acids is 1. The van der Waals surface area contributed by atoms with Crippen molar-refractivity contribution in [2.45, 2.75) is 50.2 Å². The van der Waals surface area contributed by atoms with Crippen molar-refractivity contribution in [3.63, 3.8) is 0 Å². The fourth-order valence-electron chi connectivity index (χ4n) is 5.46. The maximum absolute atomic E-state index is 14.0. The number of benzene rings is 3. The van der Waals surface area contributed by atoms with Crippen LogP contribution in [0.2, 0.25) is 0 Å². The van der Waals surface area contributed by atoms with Crippen LogP contribution in [-0.4, -0.2) is 69.3 Å². The lowest BCUT2D eigenvalue weighted by Crippen LogP contribution is -2.57. The van der Waals surface area contributed by atoms with Gasteiger partial charge in [0.25, 0.3) is 5.91 Å². The van der Waals surface area contributed by atoms with Crippen LogP contribution in [0, 0.1) is 5.82 Å². The topological polar surface area (TPSA) is 182 Å². The first-order valence-electron chi connectivity index (χ1n) is 16.3. The molecule has 51 heavy (non-hydrogen) atoms. The minimum absolute atomic E-state index is 0.0142. The van der Waals surface area contributed by atoms with Gasteiger partial charge in [-0.05, 0) is 58.6 Å². The van der Waals surface area contributed by atoms with Gasteiger partial charge in [-0.1, -0.05) is 48.5 Å². The summed E-state index contributed by atoms with van der Waals surface area (Å²) in [5, 5.41) is 23.5. The number of carbonyl (C=O) groups is 5. The van der Waals surface area contributed by atoms with Crippen LogP contribution < -0.4 is 21.3 Å². The van der Waals surface area contributed by atoms with Gasteiger partial charge < -0.3 is 31.4 Å². The molecule has 0 unspecified atom stereocenters. The maximum Gasteiger partial charge on any atom is 0.326 e. The second-order valence-electron chi connectivity index (χ2n) is 11.9. The van der Waals surface area contributed by atoms with Crippen molar-refractivity contribution < 1.29 is 33.5 Å². The van der Waals surface area contributed by atoms with E-state index in [0.717, 1.165) is 21.2 Å². The minimum atomic E-state index is -1.30. The van der Waals surface area contributed by atoms with E-state index in [2.05, 4.69) is 31.2 Å². The number of nitrogens with one attached hydrogen (secondary N) is 5. The van der Waals surface area contributed by atoms with E-state index in [-0.39, 0.29) is 44.2 Å². The van der Waals surface area contributed by atoms with Crippen LogP contribution in [-0.2, 0) is 38.4 Å². The van der Waals surface area contributed by atoms with Gasteiger partial charge in [-0.2, -0.15) is 0 Å². The van der Waals surface area contributed by atoms with Crippen molar-refractivity contribution in [1.82, 2.24) is 31.2 Å². The van der Waals surface area contributed by atoms with Crippen molar-refractivity contribution in [1.29, 1.82) is 0 Å². The van der Waals surface area contributed by atoms with E-state index >= 15 is 0 Å². The molecule has 12 nitrogen and oxygen atoms in total. The summed E-state index contributed by atoms with van der Waals surface area (Å²) >= 11 is 1.50. The highest BCUT2D eigenvalue weighted by Crippen LogP contribution is 2.26. The molecule has 0 saturated heterocycles. The Kier molecular flexibility index (Phi) is 12.6. The number of hydrogen-bond donors (Lipinski definition) is 6. The number of rotatable bonds is 17. The maximum atomic E-state index is 14.0. The van der Waals surface area contributed by atoms with E-state index in [1.54, 1.807) is 24.3 Å². The fourth-order valence-corrected chi connectivity index (χ4v) is 6.44. The van der Waals surface area contributed by atoms with Crippen LogP contribution >= 0.6 is 11.3 Å². The second-order valence-corrected chi connectivity index (χ2v) is 12.8. The summed E-state index contributed by atoms with van der Waals surface area (Å²) in [5.74, 6) is -3.90. The second kappa shape index (κ2) is 17.7. The third kappa shape index (κ3) is 10.5. The SMILES string of the molecule is O=C(CCCNC(=O)c1ccc(F)cc1)N[C@@H](Cc1csc2ccccc12)C(=O)N[C@H](Cc1ccccc1)C(=O)N[C@@H](Cc1cnc[nH]1)C(=O)O. The molecule has 5 rings (SSSR count). The lowest BCUT2D eigenvalue weighted by atomic mass is 10.0. The number of H-pyrrole nitrogens is 1. The highest BCUT2D eigenvalue weighted by Gasteiger charge is 2.30. The Morgan fingerprint density at radius 3 is 2.20 bits per heavy atom. The molecule has 3 atom stereocenters. The molecule has 264 valence electrons. The zero-order valence-electron chi connectivity index (χ0n) is 27.4. The monoisotopic (exact) mass is 712 g/mol. The molecule has 0 aliphatic rings. The summed E-state index contributed by atoms with van der Waals surface area (Å²) in [7, 11) is 0. The molecule has 0 spiro atoms. The number of aliphatic carboxylic acids is 1. The van der Waals surface area contributed by atoms with Crippen molar-refractivity contribution >= 4 is 51.0 Å². The zero-order valence-corrected chi connectivity index (χ0v) is 28.3. The molecule has 0 bridgehead atoms. The van der Waals surface area contributed by atoms with Crippen molar-refractivity contribution in [3.05, 3.63) is 125 Å². The summed E-state index contributed by atoms with van der Waals surface area (Å²) in [6.45, 7) is 0.165. The van der Waals surface area contributed by atoms with Gasteiger partial charge in [0.1, 0.15) is 23.9 Å². The van der Waals surface area contributed by atoms with Gasteiger partial charge in [0, 0.05) is 54.4 Å². The van der Waals surface area contributed by atoms with Crippen LogP contribution in [0.1, 0.15) is 40.0 Å². The minimum Gasteiger partial charge on any atom is -0.480 e. The van der Waals surface area contributed by atoms with Crippen LogP contribution in [0.3, 0.4) is 0 Å². The first-order valence-corrected chi connectivity index (χ1v) is 17.2. The fraction of sp³-hybridized carbons (Fsp3) is 0.243. The number of thiophene rings is 1. The van der Waals surface area contributed by atoms with Gasteiger partial charge >= 0.3 is 5.97 Å². The number of imidazole rings is 1. The van der Waals surface area contributed by atoms with Crippen molar-refractivity contribution in [3.8, 4) is 0 Å². The zero-order chi connectivity index (χ0) is 36.2. The molecular weight excluding hydrogens is 676 g/mol. The van der Waals surface area contributed by atoms with Gasteiger partial charge in [-0.25, -0.2) is 14.2 Å². The Hall–Kier alpha value is -5.89. The summed E-state index contributed by atoms with van der Waals surface area (Å²) < 4.78 is 14.2. The molecule has 5 aromatic rings. The van der Waals surface area contributed by atoms with E-state index in [4.69, 9.17) is 0 Å². The van der Waals surface area contributed by atoms with Gasteiger partial charge in [0.05, 0.1) is 6.33 Å². The summed E-state index contributed by atoms with van der Waals surface area (Å²) in [6, 6.07) is 18.2. The van der Waals surface area contributed by atoms with Crippen LogP contribution in [0.4, 0.5) is 4.39 Å². The number of nitrogens with zero attached hydrogens (tertiary/aromatic N) is 1. The Morgan fingerprint density at radius 2 is 1.49 bits per heavy atom. The normalized spacial score (nSPS) is 12.7. The number of aromatic nitrogens is 2. The van der Waals surface area contributed by atoms with E-state index < -0.39 is 53.5 Å². The van der Waals surface area contributed by atoms with Gasteiger partial charge in [-0.3, -0.25) is 19.2 Å². The molecule has 14 heteroatoms. The van der Waals surface area contributed by atoms with E-state index in [1.165, 1.54) is 48.1 Å². The van der Waals surface area contributed by atoms with Crippen molar-refractivity contribution in [2.75, 3.05) is 6.54 Å². The smallest absolute Gasteiger partial charge is 0.326 e. The van der Waals surface area contributed by atoms with Gasteiger partial charge in [0.15, 0.2) is 0 Å². The van der Waals surface area contributed by atoms with Crippen LogP contribution in [0.25, 0.3) is 10.1 Å². The van der Waals surface area contributed by atoms with Gasteiger partial charge in [0.2, 0.25) is 17.7 Å². The highest BCUT2D eigenvalue weighted by atomic mass is 32.1. The molecule has 3 aromatic carbocycles. The van der Waals surface area contributed by atoms with E-state index in [9.17, 15) is 33.5 Å². The van der Waals surface area contributed by atoms with Crippen molar-refractivity contribution in [2.24, 2.45) is 0 Å². The third-order valence-corrected chi connectivity index (χ3v) is 9.13. The number of fused-ring (bicyclic) bond motifs is 1. The lowest BCUT2D eigenvalue weighted by molar-refractivity contribution is -0.142. The third-order valence-electron chi connectivity index (χ3n) is 8.12. The molecule has 0 aliphatic carbocycles. The first kappa shape index (κ1) is 36.4. The summed E-state index contributed by atoms with van der Waals surface area (Å²) in [5.41, 5.74) is 2.35. The van der Waals surface area contributed by atoms with Crippen LogP contribution in [0.15, 0.2) is 96.8 Å². The molecule has 0 aliphatic heterocycles. The Labute approximate surface area is 296 Å². The number of carboxylic acid groups (broad SMARTS) is 1. The standard InChI is InChI=1S/C37H37FN6O6S/c38-26-14-12-24(13-15-26)34(46)40-16-6-11-33(45)42-30(18-25-21-51-32-10-5-4-9-28(25)32)36(48)43-29(17-23-7-2-1-3-8-23)35(47)44-31(37(49)50)19-27-20-39-22-41-27/h1-5,7-10,12-15,20-22,29-31H,6,11,16-19H2,(H,39,41)(H,40,46)(H,42,45)(H,43,48)(H,44,47)(H,49,50)/t29-,30+,31+/m1/s1. The summed E-state index contributed by atoms with van der Waals surface area (Å²) in [4.78, 5) is 72.0.